The summed E-state index contributed by atoms with van der Waals surface area (Å²) in [4.78, 5) is 26.5. The van der Waals surface area contributed by atoms with Gasteiger partial charge >= 0.3 is 5.69 Å². The second-order valence-corrected chi connectivity index (χ2v) is 5.97. The first-order valence-electron chi connectivity index (χ1n) is 7.83. The predicted octanol–water partition coefficient (Wildman–Crippen LogP) is 0.930. The summed E-state index contributed by atoms with van der Waals surface area (Å²) >= 11 is 0. The fourth-order valence-corrected chi connectivity index (χ4v) is 3.29. The molecule has 0 fully saturated rings. The number of aromatic nitrogens is 2. The molecule has 2 aromatic rings. The Kier molecular flexibility index (Phi) is 3.79. The molecule has 0 bridgehead atoms. The summed E-state index contributed by atoms with van der Waals surface area (Å²) < 4.78 is 2.05. The lowest BCUT2D eigenvalue weighted by Crippen LogP contribution is -2.42. The Hall–Kier alpha value is -2.83. The van der Waals surface area contributed by atoms with E-state index in [2.05, 4.69) is 0 Å². The monoisotopic (exact) mass is 328 g/mol. The molecule has 7 heteroatoms. The van der Waals surface area contributed by atoms with Gasteiger partial charge in [0.25, 0.3) is 5.56 Å². The maximum atomic E-state index is 12.7. The van der Waals surface area contributed by atoms with E-state index in [1.54, 1.807) is 4.90 Å². The second kappa shape index (κ2) is 5.67. The van der Waals surface area contributed by atoms with Gasteiger partial charge in [-0.2, -0.15) is 0 Å². The van der Waals surface area contributed by atoms with Gasteiger partial charge in [0, 0.05) is 26.2 Å². The molecule has 1 aliphatic rings. The van der Waals surface area contributed by atoms with Gasteiger partial charge in [-0.3, -0.25) is 19.3 Å². The number of nitrogens with one attached hydrogen (secondary N) is 1. The van der Waals surface area contributed by atoms with Gasteiger partial charge in [-0.15, -0.1) is 0 Å². The van der Waals surface area contributed by atoms with Crippen molar-refractivity contribution >= 4 is 5.84 Å². The molecule has 2 N–H and O–H groups in total. The highest BCUT2D eigenvalue weighted by Crippen LogP contribution is 2.39. The van der Waals surface area contributed by atoms with Gasteiger partial charge in [0.15, 0.2) is 0 Å². The molecule has 1 aromatic heterocycles. The van der Waals surface area contributed by atoms with Crippen LogP contribution in [0.15, 0.2) is 33.9 Å². The summed E-state index contributed by atoms with van der Waals surface area (Å²) in [5.41, 5.74) is 0.548. The van der Waals surface area contributed by atoms with E-state index in [9.17, 15) is 14.7 Å². The van der Waals surface area contributed by atoms with Crippen LogP contribution < -0.4 is 11.2 Å². The average Bonchev–Trinajstić information content (AvgIpc) is 2.85. The molecule has 0 aliphatic carbocycles. The fourth-order valence-electron chi connectivity index (χ4n) is 3.29. The summed E-state index contributed by atoms with van der Waals surface area (Å²) in [6.45, 7) is 2.57. The summed E-state index contributed by atoms with van der Waals surface area (Å²) in [5.74, 6) is -0.0218. The molecule has 1 aliphatic heterocycles. The standard InChI is InChI=1S/C17H20N4O3/c1-4-9-21-13(10-7-5-6-8-11(10)14(21)18)12-15(22)19(2)17(24)20(3)16(12)23/h5-8,13,18,22H,4,9H2,1-3H3. The van der Waals surface area contributed by atoms with Crippen molar-refractivity contribution in [2.45, 2.75) is 19.4 Å². The van der Waals surface area contributed by atoms with Crippen molar-refractivity contribution < 1.29 is 5.11 Å². The molecule has 126 valence electrons. The maximum Gasteiger partial charge on any atom is 0.333 e. The Morgan fingerprint density at radius 2 is 1.83 bits per heavy atom. The van der Waals surface area contributed by atoms with Crippen molar-refractivity contribution in [3.8, 4) is 5.88 Å². The number of fused-ring (bicyclic) bond motifs is 1. The predicted molar refractivity (Wildman–Crippen MR) is 90.7 cm³/mol. The number of nitrogens with zero attached hydrogens (tertiary/aromatic N) is 3. The van der Waals surface area contributed by atoms with E-state index >= 15 is 0 Å². The number of aromatic hydroxyl groups is 1. The average molecular weight is 328 g/mol. The van der Waals surface area contributed by atoms with Crippen LogP contribution in [0.4, 0.5) is 0 Å². The zero-order chi connectivity index (χ0) is 17.6. The summed E-state index contributed by atoms with van der Waals surface area (Å²) in [5, 5.41) is 18.9. The smallest absolute Gasteiger partial charge is 0.333 e. The van der Waals surface area contributed by atoms with Gasteiger partial charge in [-0.25, -0.2) is 4.79 Å². The maximum absolute atomic E-state index is 12.7. The number of hydrogen-bond acceptors (Lipinski definition) is 4. The molecule has 0 radical (unpaired) electrons. The minimum Gasteiger partial charge on any atom is -0.494 e. The van der Waals surface area contributed by atoms with Crippen molar-refractivity contribution in [1.29, 1.82) is 5.41 Å². The molecule has 24 heavy (non-hydrogen) atoms. The first-order chi connectivity index (χ1) is 11.4. The Balaban J connectivity index is 2.34. The summed E-state index contributed by atoms with van der Waals surface area (Å²) in [6.07, 6.45) is 0.791. The zero-order valence-corrected chi connectivity index (χ0v) is 13.9. The molecular weight excluding hydrogens is 308 g/mol. The highest BCUT2D eigenvalue weighted by atomic mass is 16.3. The highest BCUT2D eigenvalue weighted by molar-refractivity contribution is 6.01. The van der Waals surface area contributed by atoms with Gasteiger partial charge < -0.3 is 10.0 Å². The number of hydrogen-bond donors (Lipinski definition) is 2. The third kappa shape index (κ3) is 2.08. The lowest BCUT2D eigenvalue weighted by atomic mass is 9.99. The first kappa shape index (κ1) is 16.0. The Morgan fingerprint density at radius 3 is 2.50 bits per heavy atom. The van der Waals surface area contributed by atoms with Crippen molar-refractivity contribution in [3.05, 3.63) is 61.8 Å². The quantitative estimate of drug-likeness (QED) is 0.877. The number of rotatable bonds is 3. The van der Waals surface area contributed by atoms with E-state index in [0.717, 1.165) is 26.7 Å². The van der Waals surface area contributed by atoms with Crippen LogP contribution in [0, 0.1) is 5.41 Å². The molecular formula is C17H20N4O3. The Labute approximate surface area is 138 Å². The van der Waals surface area contributed by atoms with Gasteiger partial charge in [0.05, 0.1) is 6.04 Å². The van der Waals surface area contributed by atoms with E-state index in [4.69, 9.17) is 5.41 Å². The van der Waals surface area contributed by atoms with E-state index in [-0.39, 0.29) is 11.4 Å². The summed E-state index contributed by atoms with van der Waals surface area (Å²) in [7, 11) is 2.82. The van der Waals surface area contributed by atoms with Gasteiger partial charge in [0.1, 0.15) is 11.4 Å². The molecule has 1 unspecified atom stereocenters. The largest absolute Gasteiger partial charge is 0.494 e. The van der Waals surface area contributed by atoms with Crippen molar-refractivity contribution in [2.24, 2.45) is 14.1 Å². The molecule has 3 rings (SSSR count). The molecule has 0 saturated carbocycles. The molecule has 0 amide bonds. The fraction of sp³-hybridized carbons (Fsp3) is 0.353. The van der Waals surface area contributed by atoms with E-state index < -0.39 is 17.3 Å². The molecule has 1 aromatic carbocycles. The van der Waals surface area contributed by atoms with Crippen LogP contribution in [0.5, 0.6) is 5.88 Å². The van der Waals surface area contributed by atoms with E-state index in [1.165, 1.54) is 14.1 Å². The molecule has 7 nitrogen and oxygen atoms in total. The zero-order valence-electron chi connectivity index (χ0n) is 13.9. The van der Waals surface area contributed by atoms with Crippen LogP contribution in [0.25, 0.3) is 0 Å². The second-order valence-electron chi connectivity index (χ2n) is 5.97. The van der Waals surface area contributed by atoms with Crippen LogP contribution in [-0.2, 0) is 14.1 Å². The van der Waals surface area contributed by atoms with Crippen LogP contribution in [0.3, 0.4) is 0 Å². The minimum atomic E-state index is -0.579. The summed E-state index contributed by atoms with van der Waals surface area (Å²) in [6, 6.07) is 6.81. The van der Waals surface area contributed by atoms with Crippen LogP contribution in [-0.4, -0.2) is 31.5 Å². The van der Waals surface area contributed by atoms with Crippen LogP contribution in [0.2, 0.25) is 0 Å². The topological polar surface area (TPSA) is 91.3 Å². The Morgan fingerprint density at radius 1 is 1.17 bits per heavy atom. The van der Waals surface area contributed by atoms with Gasteiger partial charge in [0.2, 0.25) is 5.88 Å². The van der Waals surface area contributed by atoms with E-state index in [0.29, 0.717) is 12.4 Å². The molecule has 0 saturated heterocycles. The third-order valence-electron chi connectivity index (χ3n) is 4.51. The number of amidine groups is 1. The molecule has 0 spiro atoms. The number of benzene rings is 1. The van der Waals surface area contributed by atoms with E-state index in [1.807, 2.05) is 31.2 Å². The van der Waals surface area contributed by atoms with Crippen molar-refractivity contribution in [2.75, 3.05) is 6.54 Å². The minimum absolute atomic E-state index is 0.128. The van der Waals surface area contributed by atoms with Crippen molar-refractivity contribution in [3.63, 3.8) is 0 Å². The first-order valence-corrected chi connectivity index (χ1v) is 7.83. The van der Waals surface area contributed by atoms with Gasteiger partial charge in [-0.1, -0.05) is 31.2 Å². The normalized spacial score (nSPS) is 16.5. The highest BCUT2D eigenvalue weighted by Gasteiger charge is 2.38. The van der Waals surface area contributed by atoms with Crippen molar-refractivity contribution in [1.82, 2.24) is 14.0 Å². The third-order valence-corrected chi connectivity index (χ3v) is 4.51. The lowest BCUT2D eigenvalue weighted by molar-refractivity contribution is 0.338. The van der Waals surface area contributed by atoms with Crippen LogP contribution >= 0.6 is 0 Å². The van der Waals surface area contributed by atoms with Crippen LogP contribution in [0.1, 0.15) is 36.1 Å². The molecule has 1 atom stereocenters. The SMILES string of the molecule is CCCN1C(=N)c2ccccc2C1c1c(O)n(C)c(=O)n(C)c1=O. The van der Waals surface area contributed by atoms with Gasteiger partial charge in [-0.05, 0) is 12.0 Å². The lowest BCUT2D eigenvalue weighted by Gasteiger charge is -2.27. The molecule has 2 heterocycles. The Bertz CT molecular complexity index is 942.